The first kappa shape index (κ1) is 15.5. The van der Waals surface area contributed by atoms with E-state index in [-0.39, 0.29) is 18.3 Å². The third kappa shape index (κ3) is 4.58. The van der Waals surface area contributed by atoms with E-state index in [1.807, 2.05) is 0 Å². The van der Waals surface area contributed by atoms with Crippen molar-refractivity contribution in [1.82, 2.24) is 5.32 Å². The molecule has 1 rings (SSSR count). The van der Waals surface area contributed by atoms with Gasteiger partial charge in [-0.1, -0.05) is 29.3 Å². The van der Waals surface area contributed by atoms with E-state index in [0.29, 0.717) is 16.6 Å². The molecule has 0 fully saturated rings. The zero-order valence-corrected chi connectivity index (χ0v) is 11.0. The summed E-state index contributed by atoms with van der Waals surface area (Å²) in [4.78, 5) is 11.2. The molecule has 3 nitrogen and oxygen atoms in total. The van der Waals surface area contributed by atoms with E-state index < -0.39 is 6.04 Å². The van der Waals surface area contributed by atoms with Gasteiger partial charge in [-0.25, -0.2) is 0 Å². The summed E-state index contributed by atoms with van der Waals surface area (Å²) in [5.74, 6) is -0.207. The Bertz CT molecular complexity index is 369. The highest BCUT2D eigenvalue weighted by atomic mass is 35.5. The van der Waals surface area contributed by atoms with Gasteiger partial charge in [0.25, 0.3) is 0 Å². The summed E-state index contributed by atoms with van der Waals surface area (Å²) in [6.07, 6.45) is 0. The molecule has 0 radical (unpaired) electrons. The Balaban J connectivity index is 0.00000225. The van der Waals surface area contributed by atoms with Crippen molar-refractivity contribution in [3.8, 4) is 0 Å². The molecule has 90 valence electrons. The molecule has 0 aromatic heterocycles. The first-order valence-corrected chi connectivity index (χ1v) is 5.23. The van der Waals surface area contributed by atoms with Crippen LogP contribution in [0.4, 0.5) is 0 Å². The number of halogens is 3. The van der Waals surface area contributed by atoms with Crippen molar-refractivity contribution in [1.29, 1.82) is 0 Å². The number of rotatable bonds is 3. The molecule has 0 aliphatic rings. The molecule has 16 heavy (non-hydrogen) atoms. The molecule has 0 aliphatic heterocycles. The van der Waals surface area contributed by atoms with Crippen LogP contribution in [0.25, 0.3) is 0 Å². The highest BCUT2D eigenvalue weighted by Crippen LogP contribution is 2.20. The predicted molar refractivity (Wildman–Crippen MR) is 69.2 cm³/mol. The van der Waals surface area contributed by atoms with Crippen LogP contribution >= 0.6 is 35.6 Å². The van der Waals surface area contributed by atoms with Crippen molar-refractivity contribution in [2.45, 2.75) is 19.5 Å². The van der Waals surface area contributed by atoms with E-state index in [2.05, 4.69) is 5.32 Å². The Morgan fingerprint density at radius 2 is 2.12 bits per heavy atom. The van der Waals surface area contributed by atoms with Crippen molar-refractivity contribution >= 4 is 41.5 Å². The highest BCUT2D eigenvalue weighted by Gasteiger charge is 2.07. The summed E-state index contributed by atoms with van der Waals surface area (Å²) in [6.45, 7) is 1.98. The van der Waals surface area contributed by atoms with E-state index in [9.17, 15) is 4.79 Å². The summed E-state index contributed by atoms with van der Waals surface area (Å²) in [5.41, 5.74) is 6.21. The van der Waals surface area contributed by atoms with Crippen LogP contribution in [0.5, 0.6) is 0 Å². The van der Waals surface area contributed by atoms with Gasteiger partial charge in [-0.3, -0.25) is 4.79 Å². The summed E-state index contributed by atoms with van der Waals surface area (Å²) in [7, 11) is 0. The van der Waals surface area contributed by atoms with Crippen LogP contribution < -0.4 is 11.1 Å². The van der Waals surface area contributed by atoms with Gasteiger partial charge < -0.3 is 11.1 Å². The summed E-state index contributed by atoms with van der Waals surface area (Å²) < 4.78 is 0. The minimum atomic E-state index is -0.518. The number of hydrogen-bond donors (Lipinski definition) is 2. The number of benzene rings is 1. The normalized spacial score (nSPS) is 11.5. The molecule has 6 heteroatoms. The quantitative estimate of drug-likeness (QED) is 0.895. The van der Waals surface area contributed by atoms with Gasteiger partial charge in [-0.2, -0.15) is 0 Å². The zero-order valence-electron chi connectivity index (χ0n) is 8.67. The molecule has 0 saturated heterocycles. The lowest BCUT2D eigenvalue weighted by Crippen LogP contribution is -2.37. The van der Waals surface area contributed by atoms with Crippen molar-refractivity contribution in [3.63, 3.8) is 0 Å². The maximum absolute atomic E-state index is 11.2. The Labute approximate surface area is 111 Å². The minimum Gasteiger partial charge on any atom is -0.351 e. The van der Waals surface area contributed by atoms with Gasteiger partial charge in [0.15, 0.2) is 0 Å². The van der Waals surface area contributed by atoms with Crippen molar-refractivity contribution in [3.05, 3.63) is 33.8 Å². The van der Waals surface area contributed by atoms with Gasteiger partial charge in [0, 0.05) is 16.6 Å². The molecule has 0 bridgehead atoms. The summed E-state index contributed by atoms with van der Waals surface area (Å²) in [5, 5.41) is 3.77. The second-order valence-corrected chi connectivity index (χ2v) is 4.09. The van der Waals surface area contributed by atoms with Gasteiger partial charge in [0.1, 0.15) is 0 Å². The second-order valence-electron chi connectivity index (χ2n) is 3.24. The lowest BCUT2D eigenvalue weighted by atomic mass is 10.2. The molecule has 1 amide bonds. The summed E-state index contributed by atoms with van der Waals surface area (Å²) in [6, 6.07) is 4.61. The molecule has 1 aromatic rings. The SMILES string of the molecule is C[C@@H](N)C(=O)NCc1ccc(Cl)cc1Cl.Cl. The minimum absolute atomic E-state index is 0. The third-order valence-electron chi connectivity index (χ3n) is 1.88. The number of nitrogens with one attached hydrogen (secondary N) is 1. The van der Waals surface area contributed by atoms with Crippen LogP contribution in [0.15, 0.2) is 18.2 Å². The lowest BCUT2D eigenvalue weighted by Gasteiger charge is -2.09. The number of nitrogens with two attached hydrogens (primary N) is 1. The van der Waals surface area contributed by atoms with Gasteiger partial charge in [-0.15, -0.1) is 12.4 Å². The molecular formula is C10H13Cl3N2O. The fourth-order valence-electron chi connectivity index (χ4n) is 1.01. The molecule has 1 atom stereocenters. The smallest absolute Gasteiger partial charge is 0.236 e. The van der Waals surface area contributed by atoms with E-state index in [4.69, 9.17) is 28.9 Å². The van der Waals surface area contributed by atoms with E-state index in [1.165, 1.54) is 0 Å². The maximum Gasteiger partial charge on any atom is 0.236 e. The van der Waals surface area contributed by atoms with Gasteiger partial charge in [0.2, 0.25) is 5.91 Å². The summed E-state index contributed by atoms with van der Waals surface area (Å²) >= 11 is 11.7. The lowest BCUT2D eigenvalue weighted by molar-refractivity contribution is -0.122. The monoisotopic (exact) mass is 282 g/mol. The average molecular weight is 284 g/mol. The first-order chi connectivity index (χ1) is 7.00. The Morgan fingerprint density at radius 3 is 2.62 bits per heavy atom. The van der Waals surface area contributed by atoms with Gasteiger partial charge >= 0.3 is 0 Å². The number of amides is 1. The molecule has 0 spiro atoms. The van der Waals surface area contributed by atoms with Crippen molar-refractivity contribution in [2.75, 3.05) is 0 Å². The van der Waals surface area contributed by atoms with E-state index in [0.717, 1.165) is 5.56 Å². The van der Waals surface area contributed by atoms with Crippen LogP contribution in [0.1, 0.15) is 12.5 Å². The van der Waals surface area contributed by atoms with E-state index in [1.54, 1.807) is 25.1 Å². The molecule has 0 aliphatic carbocycles. The van der Waals surface area contributed by atoms with Gasteiger partial charge in [0.05, 0.1) is 6.04 Å². The molecule has 0 unspecified atom stereocenters. The topological polar surface area (TPSA) is 55.1 Å². The molecule has 3 N–H and O–H groups in total. The standard InChI is InChI=1S/C10H12Cl2N2O.ClH/c1-6(13)10(15)14-5-7-2-3-8(11)4-9(7)12;/h2-4,6H,5,13H2,1H3,(H,14,15);1H/t6-;/m1./s1. The average Bonchev–Trinajstić information content (AvgIpc) is 2.15. The van der Waals surface area contributed by atoms with Crippen LogP contribution in [-0.4, -0.2) is 11.9 Å². The number of carbonyl (C=O) groups excluding carboxylic acids is 1. The van der Waals surface area contributed by atoms with E-state index >= 15 is 0 Å². The maximum atomic E-state index is 11.2. The predicted octanol–water partition coefficient (Wildman–Crippen LogP) is 2.38. The largest absolute Gasteiger partial charge is 0.351 e. The van der Waals surface area contributed by atoms with Gasteiger partial charge in [-0.05, 0) is 24.6 Å². The van der Waals surface area contributed by atoms with Crippen LogP contribution in [0.3, 0.4) is 0 Å². The Morgan fingerprint density at radius 1 is 1.50 bits per heavy atom. The van der Waals surface area contributed by atoms with Crippen LogP contribution in [0.2, 0.25) is 10.0 Å². The third-order valence-corrected chi connectivity index (χ3v) is 2.47. The molecule has 0 saturated carbocycles. The molecular weight excluding hydrogens is 270 g/mol. The number of carbonyl (C=O) groups is 1. The number of hydrogen-bond acceptors (Lipinski definition) is 2. The zero-order chi connectivity index (χ0) is 11.4. The molecule has 0 heterocycles. The Kier molecular flexibility index (Phi) is 6.76. The first-order valence-electron chi connectivity index (χ1n) is 4.48. The fraction of sp³-hybridized carbons (Fsp3) is 0.300. The second kappa shape index (κ2) is 6.97. The Hall–Kier alpha value is -0.480. The highest BCUT2D eigenvalue weighted by molar-refractivity contribution is 6.35. The van der Waals surface area contributed by atoms with Crippen LogP contribution in [0, 0.1) is 0 Å². The van der Waals surface area contributed by atoms with Crippen molar-refractivity contribution in [2.24, 2.45) is 5.73 Å². The molecule has 1 aromatic carbocycles. The fourth-order valence-corrected chi connectivity index (χ4v) is 1.48. The van der Waals surface area contributed by atoms with Crippen LogP contribution in [-0.2, 0) is 11.3 Å². The van der Waals surface area contributed by atoms with Crippen molar-refractivity contribution < 1.29 is 4.79 Å².